The molecule has 0 bridgehead atoms. The highest BCUT2D eigenvalue weighted by Gasteiger charge is 2.47. The van der Waals surface area contributed by atoms with Gasteiger partial charge < -0.3 is 0 Å². The molecular formula is C14H11N3O. The molecule has 1 aliphatic rings. The average molecular weight is 237 g/mol. The van der Waals surface area contributed by atoms with Crippen molar-refractivity contribution in [3.05, 3.63) is 42.1 Å². The molecule has 88 valence electrons. The van der Waals surface area contributed by atoms with Crippen LogP contribution in [0.1, 0.15) is 18.4 Å². The fourth-order valence-corrected chi connectivity index (χ4v) is 2.42. The summed E-state index contributed by atoms with van der Waals surface area (Å²) in [5.74, 6) is 0.136. The van der Waals surface area contributed by atoms with Crippen molar-refractivity contribution in [3.8, 4) is 17.3 Å². The van der Waals surface area contributed by atoms with E-state index in [2.05, 4.69) is 16.3 Å². The fourth-order valence-electron chi connectivity index (χ4n) is 2.42. The third-order valence-electron chi connectivity index (χ3n) is 3.43. The number of nitriles is 1. The molecule has 4 heteroatoms. The van der Waals surface area contributed by atoms with E-state index in [-0.39, 0.29) is 5.78 Å². The van der Waals surface area contributed by atoms with Gasteiger partial charge in [-0.05, 0) is 5.56 Å². The van der Waals surface area contributed by atoms with Crippen molar-refractivity contribution in [3.63, 3.8) is 0 Å². The third kappa shape index (κ3) is 1.45. The zero-order chi connectivity index (χ0) is 12.6. The van der Waals surface area contributed by atoms with Gasteiger partial charge in [-0.25, -0.2) is 0 Å². The van der Waals surface area contributed by atoms with Crippen molar-refractivity contribution < 1.29 is 4.79 Å². The van der Waals surface area contributed by atoms with Gasteiger partial charge in [0.15, 0.2) is 0 Å². The first kappa shape index (κ1) is 10.7. The van der Waals surface area contributed by atoms with Crippen molar-refractivity contribution >= 4 is 5.78 Å². The first-order chi connectivity index (χ1) is 8.75. The molecule has 4 nitrogen and oxygen atoms in total. The quantitative estimate of drug-likeness (QED) is 0.870. The molecule has 0 spiro atoms. The van der Waals surface area contributed by atoms with Crippen LogP contribution in [0.25, 0.3) is 11.3 Å². The SMILES string of the molecule is N#CC1(c2cn[nH]c2-c2ccccc2)CC(=O)C1. The Balaban J connectivity index is 2.08. The molecule has 0 aliphatic heterocycles. The fraction of sp³-hybridized carbons (Fsp3) is 0.214. The molecule has 0 saturated heterocycles. The summed E-state index contributed by atoms with van der Waals surface area (Å²) < 4.78 is 0. The minimum atomic E-state index is -0.685. The van der Waals surface area contributed by atoms with Crippen molar-refractivity contribution in [2.24, 2.45) is 0 Å². The number of Topliss-reactive ketones (excluding diaryl/α,β-unsaturated/α-hetero) is 1. The lowest BCUT2D eigenvalue weighted by Gasteiger charge is -2.33. The Labute approximate surface area is 104 Å². The van der Waals surface area contributed by atoms with Crippen molar-refractivity contribution in [1.82, 2.24) is 10.2 Å². The molecular weight excluding hydrogens is 226 g/mol. The van der Waals surface area contributed by atoms with Gasteiger partial charge in [-0.15, -0.1) is 0 Å². The highest BCUT2D eigenvalue weighted by molar-refractivity contribution is 5.91. The van der Waals surface area contributed by atoms with Crippen LogP contribution < -0.4 is 0 Å². The van der Waals surface area contributed by atoms with E-state index >= 15 is 0 Å². The molecule has 0 atom stereocenters. The number of H-pyrrole nitrogens is 1. The van der Waals surface area contributed by atoms with Crippen LogP contribution in [0.5, 0.6) is 0 Å². The molecule has 0 amide bonds. The summed E-state index contributed by atoms with van der Waals surface area (Å²) in [6, 6.07) is 12.0. The Bertz CT molecular complexity index is 629. The van der Waals surface area contributed by atoms with E-state index in [0.717, 1.165) is 16.8 Å². The summed E-state index contributed by atoms with van der Waals surface area (Å²) in [7, 11) is 0. The summed E-state index contributed by atoms with van der Waals surface area (Å²) in [6.07, 6.45) is 2.25. The second kappa shape index (κ2) is 3.81. The highest BCUT2D eigenvalue weighted by Crippen LogP contribution is 2.43. The topological polar surface area (TPSA) is 69.5 Å². The van der Waals surface area contributed by atoms with Crippen LogP contribution in [0.4, 0.5) is 0 Å². The molecule has 1 N–H and O–H groups in total. The third-order valence-corrected chi connectivity index (χ3v) is 3.43. The Morgan fingerprint density at radius 2 is 2.00 bits per heavy atom. The van der Waals surface area contributed by atoms with Gasteiger partial charge in [-0.1, -0.05) is 30.3 Å². The molecule has 1 aliphatic carbocycles. The van der Waals surface area contributed by atoms with Crippen LogP contribution in [0, 0.1) is 11.3 Å². The van der Waals surface area contributed by atoms with Gasteiger partial charge in [0, 0.05) is 18.4 Å². The number of nitrogens with one attached hydrogen (secondary N) is 1. The van der Waals surface area contributed by atoms with Crippen LogP contribution in [0.3, 0.4) is 0 Å². The molecule has 18 heavy (non-hydrogen) atoms. The van der Waals surface area contributed by atoms with Gasteiger partial charge in [0.05, 0.1) is 23.4 Å². The molecule has 3 rings (SSSR count). The van der Waals surface area contributed by atoms with Gasteiger partial charge in [0.1, 0.15) is 5.78 Å². The van der Waals surface area contributed by atoms with Crippen molar-refractivity contribution in [2.75, 3.05) is 0 Å². The maximum Gasteiger partial charge on any atom is 0.136 e. The van der Waals surface area contributed by atoms with Gasteiger partial charge >= 0.3 is 0 Å². The van der Waals surface area contributed by atoms with E-state index in [1.807, 2.05) is 30.3 Å². The van der Waals surface area contributed by atoms with E-state index < -0.39 is 5.41 Å². The molecule has 1 aromatic heterocycles. The number of nitrogens with zero attached hydrogens (tertiary/aromatic N) is 2. The lowest BCUT2D eigenvalue weighted by Crippen LogP contribution is -2.40. The Morgan fingerprint density at radius 1 is 1.28 bits per heavy atom. The summed E-state index contributed by atoms with van der Waals surface area (Å²) in [4.78, 5) is 11.2. The highest BCUT2D eigenvalue weighted by atomic mass is 16.1. The van der Waals surface area contributed by atoms with Crippen molar-refractivity contribution in [1.29, 1.82) is 5.26 Å². The van der Waals surface area contributed by atoms with Crippen LogP contribution in [0.2, 0.25) is 0 Å². The predicted molar refractivity (Wildman–Crippen MR) is 65.6 cm³/mol. The standard InChI is InChI=1S/C14H11N3O/c15-9-14(6-11(18)7-14)12-8-16-17-13(12)10-4-2-1-3-5-10/h1-5,8H,6-7H2,(H,16,17). The lowest BCUT2D eigenvalue weighted by molar-refractivity contribution is -0.126. The number of aromatic nitrogens is 2. The summed E-state index contributed by atoms with van der Waals surface area (Å²) in [5.41, 5.74) is 1.97. The normalized spacial score (nSPS) is 16.9. The van der Waals surface area contributed by atoms with Crippen molar-refractivity contribution in [2.45, 2.75) is 18.3 Å². The van der Waals surface area contributed by atoms with E-state index in [1.165, 1.54) is 0 Å². The second-order valence-electron chi connectivity index (χ2n) is 4.61. The lowest BCUT2D eigenvalue weighted by atomic mass is 9.64. The summed E-state index contributed by atoms with van der Waals surface area (Å²) >= 11 is 0. The molecule has 1 heterocycles. The molecule has 1 saturated carbocycles. The van der Waals surface area contributed by atoms with Gasteiger partial charge in [0.2, 0.25) is 0 Å². The number of carbonyl (C=O) groups is 1. The Morgan fingerprint density at radius 3 is 2.61 bits per heavy atom. The number of hydrogen-bond donors (Lipinski definition) is 1. The first-order valence-electron chi connectivity index (χ1n) is 5.77. The van der Waals surface area contributed by atoms with Gasteiger partial charge in [0.25, 0.3) is 0 Å². The largest absolute Gasteiger partial charge is 0.300 e. The minimum Gasteiger partial charge on any atom is -0.300 e. The molecule has 2 aromatic rings. The smallest absolute Gasteiger partial charge is 0.136 e. The number of ketones is 1. The van der Waals surface area contributed by atoms with Crippen LogP contribution in [-0.4, -0.2) is 16.0 Å². The first-order valence-corrected chi connectivity index (χ1v) is 5.77. The number of aromatic amines is 1. The van der Waals surface area contributed by atoms with Crippen LogP contribution in [-0.2, 0) is 10.2 Å². The molecule has 1 fully saturated rings. The summed E-state index contributed by atoms with van der Waals surface area (Å²) in [5, 5.41) is 16.3. The number of rotatable bonds is 2. The Kier molecular flexibility index (Phi) is 2.27. The van der Waals surface area contributed by atoms with Crippen LogP contribution in [0.15, 0.2) is 36.5 Å². The van der Waals surface area contributed by atoms with E-state index in [1.54, 1.807) is 6.20 Å². The molecule has 0 radical (unpaired) electrons. The molecule has 1 aromatic carbocycles. The number of carbonyl (C=O) groups excluding carboxylic acids is 1. The van der Waals surface area contributed by atoms with E-state index in [4.69, 9.17) is 0 Å². The number of hydrogen-bond acceptors (Lipinski definition) is 3. The maximum atomic E-state index is 11.2. The summed E-state index contributed by atoms with van der Waals surface area (Å²) in [6.45, 7) is 0. The monoisotopic (exact) mass is 237 g/mol. The van der Waals surface area contributed by atoms with E-state index in [0.29, 0.717) is 12.8 Å². The Hall–Kier alpha value is -2.41. The second-order valence-corrected chi connectivity index (χ2v) is 4.61. The predicted octanol–water partition coefficient (Wildman–Crippen LogP) is 2.20. The molecule has 0 unspecified atom stereocenters. The van der Waals surface area contributed by atoms with Gasteiger partial charge in [-0.2, -0.15) is 10.4 Å². The average Bonchev–Trinajstić information content (AvgIpc) is 2.85. The van der Waals surface area contributed by atoms with Crippen LogP contribution >= 0.6 is 0 Å². The zero-order valence-corrected chi connectivity index (χ0v) is 9.68. The maximum absolute atomic E-state index is 11.2. The van der Waals surface area contributed by atoms with Gasteiger partial charge in [-0.3, -0.25) is 9.89 Å². The zero-order valence-electron chi connectivity index (χ0n) is 9.68. The number of benzene rings is 1. The van der Waals surface area contributed by atoms with E-state index in [9.17, 15) is 10.1 Å². The minimum absolute atomic E-state index is 0.136.